The molecular weight excluding hydrogens is 580 g/mol. The van der Waals surface area contributed by atoms with Gasteiger partial charge >= 0.3 is 0 Å². The topological polar surface area (TPSA) is 46.6 Å². The Morgan fingerprint density at radius 2 is 1.75 bits per heavy atom. The van der Waals surface area contributed by atoms with Crippen LogP contribution in [0, 0.1) is 3.57 Å². The van der Waals surface area contributed by atoms with E-state index in [4.69, 9.17) is 27.9 Å². The minimum atomic E-state index is -0.311. The van der Waals surface area contributed by atoms with E-state index in [1.165, 1.54) is 4.90 Å². The highest BCUT2D eigenvalue weighted by Crippen LogP contribution is 2.35. The largest absolute Gasteiger partial charge is 0.488 e. The van der Waals surface area contributed by atoms with Crippen molar-refractivity contribution in [2.45, 2.75) is 13.2 Å². The summed E-state index contributed by atoms with van der Waals surface area (Å²) >= 11 is 15.3. The first-order chi connectivity index (χ1) is 15.4. The summed E-state index contributed by atoms with van der Waals surface area (Å²) in [6.07, 6.45) is 1.69. The Morgan fingerprint density at radius 3 is 2.50 bits per heavy atom. The van der Waals surface area contributed by atoms with Crippen LogP contribution in [0.15, 0.2) is 71.6 Å². The normalized spacial score (nSPS) is 15.0. The van der Waals surface area contributed by atoms with Gasteiger partial charge in [0, 0.05) is 24.7 Å². The molecule has 0 spiro atoms. The van der Waals surface area contributed by atoms with Gasteiger partial charge in [-0.05, 0) is 76.3 Å². The van der Waals surface area contributed by atoms with E-state index >= 15 is 0 Å². The Hall–Kier alpha value is -2.00. The Labute approximate surface area is 213 Å². The molecule has 1 saturated heterocycles. The SMILES string of the molecule is O=C1S/C(=C\c2ccccc2OCc2ccc(Cl)cc2Cl)C(=O)N1Cc1ccc(I)cc1. The van der Waals surface area contributed by atoms with Crippen LogP contribution in [0.2, 0.25) is 10.0 Å². The van der Waals surface area contributed by atoms with Gasteiger partial charge in [0.2, 0.25) is 0 Å². The van der Waals surface area contributed by atoms with Crippen molar-refractivity contribution in [3.8, 4) is 5.75 Å². The van der Waals surface area contributed by atoms with Gasteiger partial charge < -0.3 is 4.74 Å². The van der Waals surface area contributed by atoms with Crippen molar-refractivity contribution in [2.24, 2.45) is 0 Å². The van der Waals surface area contributed by atoms with Crippen molar-refractivity contribution in [2.75, 3.05) is 0 Å². The van der Waals surface area contributed by atoms with Crippen LogP contribution in [-0.2, 0) is 17.9 Å². The molecular formula is C24H16Cl2INO3S. The third-order valence-electron chi connectivity index (χ3n) is 4.73. The number of carbonyl (C=O) groups is 2. The van der Waals surface area contributed by atoms with Gasteiger partial charge in [0.25, 0.3) is 11.1 Å². The Bertz CT molecular complexity index is 1210. The molecule has 1 heterocycles. The van der Waals surface area contributed by atoms with Crippen LogP contribution >= 0.6 is 57.6 Å². The number of benzene rings is 3. The lowest BCUT2D eigenvalue weighted by atomic mass is 10.1. The van der Waals surface area contributed by atoms with E-state index < -0.39 is 0 Å². The van der Waals surface area contributed by atoms with Gasteiger partial charge in [-0.2, -0.15) is 0 Å². The summed E-state index contributed by atoms with van der Waals surface area (Å²) in [6, 6.07) is 20.3. The van der Waals surface area contributed by atoms with Gasteiger partial charge in [0.1, 0.15) is 12.4 Å². The number of ether oxygens (including phenoxy) is 1. The van der Waals surface area contributed by atoms with Crippen molar-refractivity contribution in [3.63, 3.8) is 0 Å². The molecule has 1 aliphatic rings. The van der Waals surface area contributed by atoms with Crippen LogP contribution in [-0.4, -0.2) is 16.0 Å². The molecule has 3 aromatic rings. The van der Waals surface area contributed by atoms with Crippen LogP contribution in [0.4, 0.5) is 4.79 Å². The fourth-order valence-corrected chi connectivity index (χ4v) is 4.73. The molecule has 0 aromatic heterocycles. The molecule has 8 heteroatoms. The summed E-state index contributed by atoms with van der Waals surface area (Å²) in [4.78, 5) is 27.0. The van der Waals surface area contributed by atoms with E-state index in [9.17, 15) is 9.59 Å². The van der Waals surface area contributed by atoms with Gasteiger partial charge in [-0.15, -0.1) is 0 Å². The number of amides is 2. The van der Waals surface area contributed by atoms with E-state index in [0.29, 0.717) is 26.3 Å². The number of imide groups is 1. The van der Waals surface area contributed by atoms with E-state index in [1.54, 1.807) is 18.2 Å². The maximum absolute atomic E-state index is 12.9. The van der Waals surface area contributed by atoms with E-state index in [-0.39, 0.29) is 24.3 Å². The van der Waals surface area contributed by atoms with E-state index in [0.717, 1.165) is 26.5 Å². The predicted molar refractivity (Wildman–Crippen MR) is 138 cm³/mol. The quantitative estimate of drug-likeness (QED) is 0.220. The first-order valence-corrected chi connectivity index (χ1v) is 12.2. The van der Waals surface area contributed by atoms with E-state index in [2.05, 4.69) is 22.6 Å². The first kappa shape index (κ1) is 23.2. The van der Waals surface area contributed by atoms with Crippen LogP contribution in [0.1, 0.15) is 16.7 Å². The van der Waals surface area contributed by atoms with Crippen LogP contribution in [0.25, 0.3) is 6.08 Å². The Kier molecular flexibility index (Phi) is 7.45. The lowest BCUT2D eigenvalue weighted by Gasteiger charge is -2.12. The number of halogens is 3. The number of para-hydroxylation sites is 1. The maximum Gasteiger partial charge on any atom is 0.293 e. The zero-order chi connectivity index (χ0) is 22.7. The number of hydrogen-bond donors (Lipinski definition) is 0. The molecule has 0 atom stereocenters. The molecule has 0 bridgehead atoms. The van der Waals surface area contributed by atoms with Gasteiger partial charge in [-0.25, -0.2) is 0 Å². The van der Waals surface area contributed by atoms with E-state index in [1.807, 2.05) is 54.6 Å². The predicted octanol–water partition coefficient (Wildman–Crippen LogP) is 7.41. The smallest absolute Gasteiger partial charge is 0.293 e. The monoisotopic (exact) mass is 595 g/mol. The zero-order valence-corrected chi connectivity index (χ0v) is 21.0. The fraction of sp³-hybridized carbons (Fsp3) is 0.0833. The lowest BCUT2D eigenvalue weighted by molar-refractivity contribution is -0.123. The summed E-state index contributed by atoms with van der Waals surface area (Å²) in [5, 5.41) is 0.790. The molecule has 4 nitrogen and oxygen atoms in total. The second-order valence-corrected chi connectivity index (χ2v) is 10.0. The molecule has 0 N–H and O–H groups in total. The van der Waals surface area contributed by atoms with Crippen LogP contribution < -0.4 is 4.74 Å². The van der Waals surface area contributed by atoms with Crippen LogP contribution in [0.3, 0.4) is 0 Å². The maximum atomic E-state index is 12.9. The van der Waals surface area contributed by atoms with Gasteiger partial charge in [0.05, 0.1) is 11.4 Å². The van der Waals surface area contributed by atoms with Crippen molar-refractivity contribution >= 4 is 74.8 Å². The summed E-state index contributed by atoms with van der Waals surface area (Å²) in [5.74, 6) is 0.275. The highest BCUT2D eigenvalue weighted by molar-refractivity contribution is 14.1. The van der Waals surface area contributed by atoms with Crippen molar-refractivity contribution in [1.29, 1.82) is 0 Å². The number of rotatable bonds is 6. The van der Waals surface area contributed by atoms with Gasteiger partial charge in [0.15, 0.2) is 0 Å². The number of carbonyl (C=O) groups excluding carboxylic acids is 2. The molecule has 0 saturated carbocycles. The third kappa shape index (κ3) is 5.49. The number of hydrogen-bond acceptors (Lipinski definition) is 4. The molecule has 0 unspecified atom stereocenters. The van der Waals surface area contributed by atoms with Crippen molar-refractivity contribution < 1.29 is 14.3 Å². The molecule has 4 rings (SSSR count). The summed E-state index contributed by atoms with van der Waals surface area (Å²) in [5.41, 5.74) is 2.40. The standard InChI is InChI=1S/C24H16Cl2INO3S/c25-18-8-7-17(20(26)12-18)14-31-21-4-2-1-3-16(21)11-22-23(29)28(24(30)32-22)13-15-5-9-19(27)10-6-15/h1-12H,13-14H2/b22-11-. The molecule has 162 valence electrons. The second kappa shape index (κ2) is 10.3. The molecule has 1 fully saturated rings. The Balaban J connectivity index is 1.51. The Morgan fingerprint density at radius 1 is 1.00 bits per heavy atom. The van der Waals surface area contributed by atoms with Gasteiger partial charge in [-0.3, -0.25) is 14.5 Å². The van der Waals surface area contributed by atoms with Crippen molar-refractivity contribution in [3.05, 3.63) is 102 Å². The molecule has 1 aliphatic heterocycles. The summed E-state index contributed by atoms with van der Waals surface area (Å²) in [6.45, 7) is 0.487. The lowest BCUT2D eigenvalue weighted by Crippen LogP contribution is -2.27. The summed E-state index contributed by atoms with van der Waals surface area (Å²) in [7, 11) is 0. The molecule has 0 aliphatic carbocycles. The minimum absolute atomic E-state index is 0.242. The molecule has 3 aromatic carbocycles. The van der Waals surface area contributed by atoms with Crippen LogP contribution in [0.5, 0.6) is 5.75 Å². The third-order valence-corrected chi connectivity index (χ3v) is 6.94. The fourth-order valence-electron chi connectivity index (χ4n) is 3.08. The van der Waals surface area contributed by atoms with Gasteiger partial charge in [-0.1, -0.05) is 59.6 Å². The zero-order valence-electron chi connectivity index (χ0n) is 16.6. The molecule has 2 amide bonds. The molecule has 0 radical (unpaired) electrons. The average molecular weight is 596 g/mol. The molecule has 32 heavy (non-hydrogen) atoms. The van der Waals surface area contributed by atoms with Crippen molar-refractivity contribution in [1.82, 2.24) is 4.90 Å². The second-order valence-electron chi connectivity index (χ2n) is 6.96. The highest BCUT2D eigenvalue weighted by atomic mass is 127. The number of thioether (sulfide) groups is 1. The highest BCUT2D eigenvalue weighted by Gasteiger charge is 2.35. The average Bonchev–Trinajstić information content (AvgIpc) is 3.03. The first-order valence-electron chi connectivity index (χ1n) is 9.56. The minimum Gasteiger partial charge on any atom is -0.488 e. The summed E-state index contributed by atoms with van der Waals surface area (Å²) < 4.78 is 7.05. The number of nitrogens with zero attached hydrogens (tertiary/aromatic N) is 1.